The molecule has 1 N–H and O–H groups in total. The summed E-state index contributed by atoms with van der Waals surface area (Å²) in [6, 6.07) is 10.8. The predicted octanol–water partition coefficient (Wildman–Crippen LogP) is 3.23. The van der Waals surface area contributed by atoms with Crippen LogP contribution in [0.15, 0.2) is 42.5 Å². The van der Waals surface area contributed by atoms with Gasteiger partial charge in [-0.3, -0.25) is 13.9 Å². The molecule has 0 radical (unpaired) electrons. The lowest BCUT2D eigenvalue weighted by Gasteiger charge is -2.31. The Balaban J connectivity index is 2.42. The number of carbonyl (C=O) groups excluding carboxylic acids is 2. The van der Waals surface area contributed by atoms with Crippen molar-refractivity contribution in [2.24, 2.45) is 0 Å². The summed E-state index contributed by atoms with van der Waals surface area (Å²) in [4.78, 5) is 26.9. The van der Waals surface area contributed by atoms with Crippen LogP contribution in [0.3, 0.4) is 0 Å². The summed E-state index contributed by atoms with van der Waals surface area (Å²) in [5, 5.41) is 3.47. The molecule has 0 spiro atoms. The number of anilines is 1. The lowest BCUT2D eigenvalue weighted by molar-refractivity contribution is -0.139. The second-order valence-corrected chi connectivity index (χ2v) is 9.92. The highest BCUT2D eigenvalue weighted by Crippen LogP contribution is 2.26. The van der Waals surface area contributed by atoms with E-state index in [9.17, 15) is 18.0 Å². The van der Waals surface area contributed by atoms with E-state index in [0.717, 1.165) is 10.6 Å². The highest BCUT2D eigenvalue weighted by atomic mass is 35.5. The minimum absolute atomic E-state index is 0.0885. The highest BCUT2D eigenvalue weighted by Gasteiger charge is 2.30. The van der Waals surface area contributed by atoms with E-state index >= 15 is 0 Å². The van der Waals surface area contributed by atoms with Gasteiger partial charge in [0.25, 0.3) is 0 Å². The lowest BCUT2D eigenvalue weighted by atomic mass is 10.1. The maximum atomic E-state index is 13.3. The fourth-order valence-electron chi connectivity index (χ4n) is 3.12. The Hall–Kier alpha value is -2.29. The van der Waals surface area contributed by atoms with Gasteiger partial charge in [0.1, 0.15) is 12.6 Å². The quantitative estimate of drug-likeness (QED) is 0.621. The molecule has 0 saturated heterocycles. The van der Waals surface area contributed by atoms with Crippen molar-refractivity contribution < 1.29 is 18.0 Å². The molecule has 0 aromatic heterocycles. The predicted molar refractivity (Wildman–Crippen MR) is 124 cm³/mol. The van der Waals surface area contributed by atoms with Crippen LogP contribution in [0.25, 0.3) is 0 Å². The van der Waals surface area contributed by atoms with Crippen molar-refractivity contribution in [2.75, 3.05) is 24.2 Å². The third-order valence-corrected chi connectivity index (χ3v) is 6.36. The van der Waals surface area contributed by atoms with Crippen LogP contribution >= 0.6 is 23.2 Å². The van der Waals surface area contributed by atoms with Crippen LogP contribution in [0.4, 0.5) is 5.69 Å². The van der Waals surface area contributed by atoms with Crippen LogP contribution in [0, 0.1) is 6.92 Å². The molecule has 2 rings (SSSR count). The molecule has 0 heterocycles. The van der Waals surface area contributed by atoms with Crippen molar-refractivity contribution in [3.05, 3.63) is 63.6 Å². The van der Waals surface area contributed by atoms with E-state index in [1.165, 1.54) is 11.9 Å². The number of benzene rings is 2. The van der Waals surface area contributed by atoms with Gasteiger partial charge < -0.3 is 10.2 Å². The number of halogens is 2. The second-order valence-electron chi connectivity index (χ2n) is 7.14. The molecule has 0 aliphatic carbocycles. The zero-order valence-electron chi connectivity index (χ0n) is 17.7. The molecule has 1 atom stereocenters. The molecule has 0 fully saturated rings. The van der Waals surface area contributed by atoms with E-state index in [0.29, 0.717) is 26.9 Å². The van der Waals surface area contributed by atoms with Gasteiger partial charge in [-0.25, -0.2) is 8.42 Å². The van der Waals surface area contributed by atoms with Crippen LogP contribution in [0.2, 0.25) is 10.0 Å². The van der Waals surface area contributed by atoms with E-state index in [-0.39, 0.29) is 12.5 Å². The minimum Gasteiger partial charge on any atom is -0.357 e. The first-order valence-electron chi connectivity index (χ1n) is 9.43. The fraction of sp³-hybridized carbons (Fsp3) is 0.333. The van der Waals surface area contributed by atoms with Gasteiger partial charge >= 0.3 is 0 Å². The van der Waals surface area contributed by atoms with E-state index in [2.05, 4.69) is 5.32 Å². The van der Waals surface area contributed by atoms with Crippen molar-refractivity contribution in [1.29, 1.82) is 0 Å². The zero-order valence-corrected chi connectivity index (χ0v) is 20.1. The van der Waals surface area contributed by atoms with Gasteiger partial charge in [0.15, 0.2) is 0 Å². The summed E-state index contributed by atoms with van der Waals surface area (Å²) in [7, 11) is -2.32. The number of aryl methyl sites for hydroxylation is 1. The topological polar surface area (TPSA) is 86.8 Å². The Labute approximate surface area is 193 Å². The number of carbonyl (C=O) groups is 2. The van der Waals surface area contributed by atoms with Crippen LogP contribution < -0.4 is 9.62 Å². The molecule has 0 saturated carbocycles. The number of hydrogen-bond donors (Lipinski definition) is 1. The van der Waals surface area contributed by atoms with Gasteiger partial charge in [-0.05, 0) is 55.3 Å². The maximum Gasteiger partial charge on any atom is 0.244 e. The average molecular weight is 486 g/mol. The molecule has 0 bridgehead atoms. The standard InChI is InChI=1S/C21H25Cl2N3O4S/c1-14-10-18(23)8-9-19(14)26(31(4,29)30)13-20(27)25(15(2)21(28)24-3)12-16-6-5-7-17(22)11-16/h5-11,15H,12-13H2,1-4H3,(H,24,28)/t15-/m0/s1. The summed E-state index contributed by atoms with van der Waals surface area (Å²) in [6.07, 6.45) is 1.03. The van der Waals surface area contributed by atoms with E-state index in [1.807, 2.05) is 0 Å². The number of likely N-dealkylation sites (N-methyl/N-ethyl adjacent to an activating group) is 1. The Morgan fingerprint density at radius 1 is 1.10 bits per heavy atom. The van der Waals surface area contributed by atoms with Gasteiger partial charge in [-0.1, -0.05) is 35.3 Å². The third kappa shape index (κ3) is 6.59. The summed E-state index contributed by atoms with van der Waals surface area (Å²) < 4.78 is 26.0. The molecule has 0 unspecified atom stereocenters. The molecular weight excluding hydrogens is 461 g/mol. The molecule has 2 aromatic carbocycles. The van der Waals surface area contributed by atoms with Crippen LogP contribution in [-0.4, -0.2) is 51.0 Å². The number of rotatable bonds is 8. The Kier molecular flexibility index (Phi) is 8.34. The number of nitrogens with one attached hydrogen (secondary N) is 1. The van der Waals surface area contributed by atoms with Gasteiger partial charge in [0, 0.05) is 23.6 Å². The fourth-order valence-corrected chi connectivity index (χ4v) is 4.46. The Morgan fingerprint density at radius 2 is 1.74 bits per heavy atom. The SMILES string of the molecule is CNC(=O)[C@H](C)N(Cc1cccc(Cl)c1)C(=O)CN(c1ccc(Cl)cc1C)S(C)(=O)=O. The molecule has 10 heteroatoms. The van der Waals surface area contributed by atoms with Crippen molar-refractivity contribution in [3.8, 4) is 0 Å². The molecule has 7 nitrogen and oxygen atoms in total. The minimum atomic E-state index is -3.79. The lowest BCUT2D eigenvalue weighted by Crippen LogP contribution is -2.50. The van der Waals surface area contributed by atoms with Gasteiger partial charge in [0.05, 0.1) is 11.9 Å². The molecule has 31 heavy (non-hydrogen) atoms. The van der Waals surface area contributed by atoms with Crippen molar-refractivity contribution in [3.63, 3.8) is 0 Å². The monoisotopic (exact) mass is 485 g/mol. The maximum absolute atomic E-state index is 13.3. The summed E-state index contributed by atoms with van der Waals surface area (Å²) >= 11 is 12.0. The largest absolute Gasteiger partial charge is 0.357 e. The smallest absolute Gasteiger partial charge is 0.244 e. The number of sulfonamides is 1. The first-order valence-corrected chi connectivity index (χ1v) is 12.0. The first-order chi connectivity index (χ1) is 14.4. The van der Waals surface area contributed by atoms with Crippen molar-refractivity contribution in [1.82, 2.24) is 10.2 Å². The van der Waals surface area contributed by atoms with E-state index < -0.39 is 28.5 Å². The molecule has 0 aliphatic heterocycles. The molecule has 2 aromatic rings. The molecule has 2 amide bonds. The van der Waals surface area contributed by atoms with Gasteiger partial charge in [-0.2, -0.15) is 0 Å². The second kappa shape index (κ2) is 10.3. The first kappa shape index (κ1) is 25.0. The molecule has 168 valence electrons. The van der Waals surface area contributed by atoms with E-state index in [4.69, 9.17) is 23.2 Å². The van der Waals surface area contributed by atoms with Crippen LogP contribution in [-0.2, 0) is 26.2 Å². The number of nitrogens with zero attached hydrogens (tertiary/aromatic N) is 2. The molecule has 0 aliphatic rings. The summed E-state index contributed by atoms with van der Waals surface area (Å²) in [6.45, 7) is 2.91. The van der Waals surface area contributed by atoms with Crippen LogP contribution in [0.5, 0.6) is 0 Å². The summed E-state index contributed by atoms with van der Waals surface area (Å²) in [5.74, 6) is -0.903. The average Bonchev–Trinajstić information content (AvgIpc) is 2.68. The number of amides is 2. The van der Waals surface area contributed by atoms with Crippen molar-refractivity contribution in [2.45, 2.75) is 26.4 Å². The van der Waals surface area contributed by atoms with Gasteiger partial charge in [0.2, 0.25) is 21.8 Å². The zero-order chi connectivity index (χ0) is 23.3. The Morgan fingerprint density at radius 3 is 2.29 bits per heavy atom. The Bertz CT molecular complexity index is 1080. The van der Waals surface area contributed by atoms with E-state index in [1.54, 1.807) is 56.3 Å². The third-order valence-electron chi connectivity index (χ3n) is 4.76. The van der Waals surface area contributed by atoms with Crippen molar-refractivity contribution >= 4 is 50.7 Å². The molecular formula is C21H25Cl2N3O4S. The normalized spacial score (nSPS) is 12.2. The van der Waals surface area contributed by atoms with Crippen LogP contribution in [0.1, 0.15) is 18.1 Å². The highest BCUT2D eigenvalue weighted by molar-refractivity contribution is 7.92. The van der Waals surface area contributed by atoms with Gasteiger partial charge in [-0.15, -0.1) is 0 Å². The summed E-state index contributed by atoms with van der Waals surface area (Å²) in [5.41, 5.74) is 1.66. The number of hydrogen-bond acceptors (Lipinski definition) is 4.